The molecule has 2 aliphatic heterocycles. The van der Waals surface area contributed by atoms with Crippen molar-refractivity contribution in [2.45, 2.75) is 32.1 Å². The fraction of sp³-hybridized carbons (Fsp3) is 0.737. The Bertz CT molecular complexity index is 591. The number of hydrogen-bond donors (Lipinski definition) is 0. The Labute approximate surface area is 155 Å². The molecule has 1 aromatic rings. The number of carbonyl (C=O) groups is 1. The number of likely N-dealkylation sites (tertiary alicyclic amines) is 2. The predicted octanol–water partition coefficient (Wildman–Crippen LogP) is 1.84. The zero-order chi connectivity index (χ0) is 18.4. The summed E-state index contributed by atoms with van der Waals surface area (Å²) in [6.45, 7) is 5.74. The molecule has 1 unspecified atom stereocenters. The van der Waals surface area contributed by atoms with E-state index in [1.54, 1.807) is 14.2 Å². The van der Waals surface area contributed by atoms with Gasteiger partial charge in [0.2, 0.25) is 5.88 Å². The van der Waals surface area contributed by atoms with Crippen molar-refractivity contribution in [3.63, 3.8) is 0 Å². The first-order valence-corrected chi connectivity index (χ1v) is 9.52. The molecule has 0 aromatic carbocycles. The summed E-state index contributed by atoms with van der Waals surface area (Å²) in [4.78, 5) is 25.7. The second kappa shape index (κ2) is 8.77. The Hall–Kier alpha value is -1.73. The molecule has 26 heavy (non-hydrogen) atoms. The summed E-state index contributed by atoms with van der Waals surface area (Å²) in [6, 6.07) is 0. The summed E-state index contributed by atoms with van der Waals surface area (Å²) in [5.74, 6) is 0.409. The zero-order valence-corrected chi connectivity index (χ0v) is 15.9. The molecular formula is C19H30N4O3. The maximum atomic E-state index is 12.9. The van der Waals surface area contributed by atoms with E-state index in [1.165, 1.54) is 31.7 Å². The van der Waals surface area contributed by atoms with E-state index in [1.807, 2.05) is 4.90 Å². The first-order chi connectivity index (χ1) is 12.7. The van der Waals surface area contributed by atoms with Crippen LogP contribution in [0.4, 0.5) is 0 Å². The largest absolute Gasteiger partial charge is 0.480 e. The van der Waals surface area contributed by atoms with E-state index < -0.39 is 0 Å². The highest BCUT2D eigenvalue weighted by atomic mass is 16.5. The maximum absolute atomic E-state index is 12.9. The minimum atomic E-state index is -0.0178. The van der Waals surface area contributed by atoms with Gasteiger partial charge >= 0.3 is 0 Å². The third-order valence-corrected chi connectivity index (χ3v) is 5.57. The van der Waals surface area contributed by atoms with Gasteiger partial charge < -0.3 is 19.3 Å². The summed E-state index contributed by atoms with van der Waals surface area (Å²) in [6.07, 6.45) is 8.75. The molecule has 2 aliphatic rings. The highest BCUT2D eigenvalue weighted by molar-refractivity contribution is 5.92. The lowest BCUT2D eigenvalue weighted by Gasteiger charge is -2.48. The van der Waals surface area contributed by atoms with Crippen LogP contribution in [0.2, 0.25) is 0 Å². The van der Waals surface area contributed by atoms with Crippen LogP contribution in [0.3, 0.4) is 0 Å². The topological polar surface area (TPSA) is 67.8 Å². The number of hydrogen-bond acceptors (Lipinski definition) is 6. The van der Waals surface area contributed by atoms with Crippen LogP contribution in [-0.2, 0) is 4.74 Å². The Morgan fingerprint density at radius 1 is 1.15 bits per heavy atom. The van der Waals surface area contributed by atoms with Crippen molar-refractivity contribution in [2.24, 2.45) is 5.41 Å². The van der Waals surface area contributed by atoms with Crippen molar-refractivity contribution in [3.05, 3.63) is 18.1 Å². The quantitative estimate of drug-likeness (QED) is 0.720. The number of nitrogens with zero attached hydrogens (tertiary/aromatic N) is 4. The van der Waals surface area contributed by atoms with Gasteiger partial charge in [0.1, 0.15) is 5.69 Å². The molecule has 1 atom stereocenters. The van der Waals surface area contributed by atoms with E-state index in [-0.39, 0.29) is 11.3 Å². The maximum Gasteiger partial charge on any atom is 0.274 e. The molecule has 7 heteroatoms. The van der Waals surface area contributed by atoms with E-state index in [9.17, 15) is 4.79 Å². The highest BCUT2D eigenvalue weighted by Crippen LogP contribution is 2.38. The molecule has 1 spiro atoms. The molecule has 1 aromatic heterocycles. The molecule has 3 rings (SSSR count). The summed E-state index contributed by atoms with van der Waals surface area (Å²) < 4.78 is 10.2. The average molecular weight is 362 g/mol. The van der Waals surface area contributed by atoms with E-state index >= 15 is 0 Å². The third-order valence-electron chi connectivity index (χ3n) is 5.57. The van der Waals surface area contributed by atoms with Gasteiger partial charge in [0.05, 0.1) is 19.5 Å². The molecule has 0 saturated carbocycles. The van der Waals surface area contributed by atoms with Crippen molar-refractivity contribution in [3.8, 4) is 5.88 Å². The molecule has 1 amide bonds. The Morgan fingerprint density at radius 2 is 1.96 bits per heavy atom. The van der Waals surface area contributed by atoms with Crippen molar-refractivity contribution >= 4 is 5.91 Å². The number of rotatable bonds is 6. The van der Waals surface area contributed by atoms with Crippen LogP contribution in [0.5, 0.6) is 5.88 Å². The molecule has 2 fully saturated rings. The van der Waals surface area contributed by atoms with Crippen LogP contribution < -0.4 is 4.74 Å². The second-order valence-electron chi connectivity index (χ2n) is 7.50. The molecule has 0 radical (unpaired) electrons. The first-order valence-electron chi connectivity index (χ1n) is 9.52. The van der Waals surface area contributed by atoms with Crippen LogP contribution >= 0.6 is 0 Å². The van der Waals surface area contributed by atoms with Gasteiger partial charge in [-0.1, -0.05) is 0 Å². The molecule has 2 saturated heterocycles. The molecule has 144 valence electrons. The number of piperidine rings is 2. The third kappa shape index (κ3) is 4.51. The van der Waals surface area contributed by atoms with Gasteiger partial charge in [-0.05, 0) is 38.6 Å². The molecule has 0 N–H and O–H groups in total. The van der Waals surface area contributed by atoms with E-state index in [0.717, 1.165) is 52.2 Å². The summed E-state index contributed by atoms with van der Waals surface area (Å²) >= 11 is 0. The van der Waals surface area contributed by atoms with Gasteiger partial charge in [0, 0.05) is 45.3 Å². The number of amides is 1. The van der Waals surface area contributed by atoms with Gasteiger partial charge in [-0.15, -0.1) is 0 Å². The van der Waals surface area contributed by atoms with Gasteiger partial charge in [0.25, 0.3) is 5.91 Å². The van der Waals surface area contributed by atoms with Crippen LogP contribution in [0, 0.1) is 5.41 Å². The zero-order valence-electron chi connectivity index (χ0n) is 15.9. The highest BCUT2D eigenvalue weighted by Gasteiger charge is 2.40. The van der Waals surface area contributed by atoms with Crippen LogP contribution in [-0.4, -0.2) is 79.2 Å². The van der Waals surface area contributed by atoms with Gasteiger partial charge in [-0.25, -0.2) is 9.97 Å². The summed E-state index contributed by atoms with van der Waals surface area (Å²) in [5, 5.41) is 0. The number of aromatic nitrogens is 2. The predicted molar refractivity (Wildman–Crippen MR) is 98.3 cm³/mol. The lowest BCUT2D eigenvalue weighted by atomic mass is 9.73. The number of methoxy groups -OCH3 is 2. The Balaban J connectivity index is 1.62. The smallest absolute Gasteiger partial charge is 0.274 e. The van der Waals surface area contributed by atoms with Crippen molar-refractivity contribution < 1.29 is 14.3 Å². The molecular weight excluding hydrogens is 332 g/mol. The normalized spacial score (nSPS) is 24.0. The van der Waals surface area contributed by atoms with Crippen LogP contribution in [0.15, 0.2) is 12.4 Å². The summed E-state index contributed by atoms with van der Waals surface area (Å²) in [7, 11) is 3.30. The van der Waals surface area contributed by atoms with Gasteiger partial charge in [-0.3, -0.25) is 4.79 Å². The second-order valence-corrected chi connectivity index (χ2v) is 7.50. The number of ether oxygens (including phenoxy) is 2. The first kappa shape index (κ1) is 19.0. The Morgan fingerprint density at radius 3 is 2.65 bits per heavy atom. The van der Waals surface area contributed by atoms with E-state index in [2.05, 4.69) is 14.9 Å². The molecule has 3 heterocycles. The fourth-order valence-electron chi connectivity index (χ4n) is 4.34. The molecule has 0 aliphatic carbocycles. The lowest BCUT2D eigenvalue weighted by Crippen LogP contribution is -2.53. The van der Waals surface area contributed by atoms with Gasteiger partial charge in [0.15, 0.2) is 0 Å². The Kier molecular flexibility index (Phi) is 6.43. The monoisotopic (exact) mass is 362 g/mol. The van der Waals surface area contributed by atoms with Crippen molar-refractivity contribution in [1.29, 1.82) is 0 Å². The number of carbonyl (C=O) groups excluding carboxylic acids is 1. The van der Waals surface area contributed by atoms with Crippen LogP contribution in [0.25, 0.3) is 0 Å². The minimum Gasteiger partial charge on any atom is -0.480 e. The summed E-state index contributed by atoms with van der Waals surface area (Å²) in [5.41, 5.74) is 0.620. The molecule has 7 nitrogen and oxygen atoms in total. The van der Waals surface area contributed by atoms with E-state index in [4.69, 9.17) is 9.47 Å². The lowest BCUT2D eigenvalue weighted by molar-refractivity contribution is 0.0115. The SMILES string of the molecule is COCCCN1CCCC2(CCCN(C(=O)c3cnc(OC)cn3)C2)C1. The molecule has 0 bridgehead atoms. The van der Waals surface area contributed by atoms with E-state index in [0.29, 0.717) is 11.6 Å². The fourth-order valence-corrected chi connectivity index (χ4v) is 4.34. The van der Waals surface area contributed by atoms with Crippen molar-refractivity contribution in [1.82, 2.24) is 19.8 Å². The average Bonchev–Trinajstić information content (AvgIpc) is 2.68. The van der Waals surface area contributed by atoms with Gasteiger partial charge in [-0.2, -0.15) is 0 Å². The van der Waals surface area contributed by atoms with Crippen molar-refractivity contribution in [2.75, 3.05) is 53.6 Å². The van der Waals surface area contributed by atoms with Crippen LogP contribution in [0.1, 0.15) is 42.6 Å². The minimum absolute atomic E-state index is 0.0178. The standard InChI is InChI=1S/C19H30N4O3/c1-25-11-5-9-22-8-3-6-19(14-22)7-4-10-23(15-19)18(24)16-12-21-17(26-2)13-20-16/h12-13H,3-11,14-15H2,1-2H3.